The van der Waals surface area contributed by atoms with Gasteiger partial charge in [-0.2, -0.15) is 0 Å². The van der Waals surface area contributed by atoms with Crippen LogP contribution in [0.5, 0.6) is 0 Å². The molecule has 0 aromatic heterocycles. The number of hydrogen-bond acceptors (Lipinski definition) is 8. The molecular formula is C43H80NO8P. The number of rotatable bonds is 40. The van der Waals surface area contributed by atoms with Gasteiger partial charge in [0.1, 0.15) is 6.61 Å². The van der Waals surface area contributed by atoms with Gasteiger partial charge in [0.15, 0.2) is 6.10 Å². The Kier molecular flexibility index (Phi) is 38.6. The summed E-state index contributed by atoms with van der Waals surface area (Å²) in [5.41, 5.74) is 5.34. The third-order valence-electron chi connectivity index (χ3n) is 9.04. The predicted octanol–water partition coefficient (Wildman–Crippen LogP) is 12.2. The van der Waals surface area contributed by atoms with Gasteiger partial charge in [-0.15, -0.1) is 0 Å². The summed E-state index contributed by atoms with van der Waals surface area (Å²) in [6.07, 6.45) is 43.1. The normalized spacial score (nSPS) is 13.7. The zero-order valence-corrected chi connectivity index (χ0v) is 34.9. The molecule has 0 rings (SSSR count). The fourth-order valence-electron chi connectivity index (χ4n) is 5.88. The second-order valence-corrected chi connectivity index (χ2v) is 15.6. The number of phosphoric ester groups is 1. The van der Waals surface area contributed by atoms with Gasteiger partial charge in [0.2, 0.25) is 0 Å². The Labute approximate surface area is 324 Å². The van der Waals surface area contributed by atoms with Crippen LogP contribution in [0.3, 0.4) is 0 Å². The molecule has 0 aliphatic heterocycles. The van der Waals surface area contributed by atoms with Crippen molar-refractivity contribution in [1.82, 2.24) is 0 Å². The minimum Gasteiger partial charge on any atom is -0.462 e. The molecule has 0 saturated carbocycles. The van der Waals surface area contributed by atoms with E-state index in [1.807, 2.05) is 0 Å². The number of hydrogen-bond donors (Lipinski definition) is 2. The van der Waals surface area contributed by atoms with E-state index in [1.54, 1.807) is 0 Å². The van der Waals surface area contributed by atoms with E-state index in [-0.39, 0.29) is 38.6 Å². The van der Waals surface area contributed by atoms with Crippen molar-refractivity contribution in [2.75, 3.05) is 26.4 Å². The summed E-state index contributed by atoms with van der Waals surface area (Å²) in [6, 6.07) is 0. The van der Waals surface area contributed by atoms with Crippen LogP contribution < -0.4 is 5.73 Å². The molecule has 0 spiro atoms. The molecule has 2 unspecified atom stereocenters. The first-order valence-electron chi connectivity index (χ1n) is 21.5. The molecule has 53 heavy (non-hydrogen) atoms. The first-order valence-corrected chi connectivity index (χ1v) is 23.0. The van der Waals surface area contributed by atoms with E-state index in [1.165, 1.54) is 96.3 Å². The van der Waals surface area contributed by atoms with Crippen LogP contribution in [0, 0.1) is 0 Å². The van der Waals surface area contributed by atoms with Crippen molar-refractivity contribution in [3.05, 3.63) is 36.5 Å². The summed E-state index contributed by atoms with van der Waals surface area (Å²) < 4.78 is 32.8. The fraction of sp³-hybridized carbons (Fsp3) is 0.814. The monoisotopic (exact) mass is 770 g/mol. The molecule has 0 heterocycles. The highest BCUT2D eigenvalue weighted by Crippen LogP contribution is 2.43. The number of phosphoric acid groups is 1. The number of allylic oxidation sites excluding steroid dienone is 6. The highest BCUT2D eigenvalue weighted by atomic mass is 31.2. The van der Waals surface area contributed by atoms with Crippen LogP contribution in [0.2, 0.25) is 0 Å². The van der Waals surface area contributed by atoms with Gasteiger partial charge in [-0.05, 0) is 44.9 Å². The van der Waals surface area contributed by atoms with Crippen molar-refractivity contribution in [2.45, 2.75) is 200 Å². The van der Waals surface area contributed by atoms with Crippen LogP contribution in [0.15, 0.2) is 36.5 Å². The first-order chi connectivity index (χ1) is 25.8. The van der Waals surface area contributed by atoms with Gasteiger partial charge >= 0.3 is 19.8 Å². The number of esters is 2. The zero-order chi connectivity index (χ0) is 38.9. The average Bonchev–Trinajstić information content (AvgIpc) is 3.14. The van der Waals surface area contributed by atoms with Crippen LogP contribution >= 0.6 is 7.82 Å². The molecular weight excluding hydrogens is 689 g/mol. The average molecular weight is 770 g/mol. The van der Waals surface area contributed by atoms with Gasteiger partial charge in [-0.1, -0.05) is 172 Å². The second kappa shape index (κ2) is 39.9. The van der Waals surface area contributed by atoms with E-state index in [0.717, 1.165) is 64.2 Å². The van der Waals surface area contributed by atoms with E-state index in [2.05, 4.69) is 50.3 Å². The van der Waals surface area contributed by atoms with Gasteiger partial charge < -0.3 is 20.1 Å². The van der Waals surface area contributed by atoms with Gasteiger partial charge in [0.05, 0.1) is 13.2 Å². The van der Waals surface area contributed by atoms with E-state index < -0.39 is 26.5 Å². The number of carbonyl (C=O) groups excluding carboxylic acids is 2. The largest absolute Gasteiger partial charge is 0.472 e. The summed E-state index contributed by atoms with van der Waals surface area (Å²) in [4.78, 5) is 34.8. The molecule has 0 amide bonds. The molecule has 310 valence electrons. The van der Waals surface area contributed by atoms with Crippen LogP contribution in [0.1, 0.15) is 194 Å². The molecule has 0 radical (unpaired) electrons. The topological polar surface area (TPSA) is 134 Å². The van der Waals surface area contributed by atoms with Crippen LogP contribution in [-0.4, -0.2) is 49.3 Å². The van der Waals surface area contributed by atoms with Crippen molar-refractivity contribution in [2.24, 2.45) is 5.73 Å². The number of nitrogens with two attached hydrogens (primary N) is 1. The number of ether oxygens (including phenoxy) is 2. The highest BCUT2D eigenvalue weighted by molar-refractivity contribution is 7.47. The first kappa shape index (κ1) is 51.2. The molecule has 0 aromatic carbocycles. The van der Waals surface area contributed by atoms with E-state index >= 15 is 0 Å². The van der Waals surface area contributed by atoms with Crippen LogP contribution in [0.25, 0.3) is 0 Å². The van der Waals surface area contributed by atoms with Gasteiger partial charge in [0.25, 0.3) is 0 Å². The van der Waals surface area contributed by atoms with E-state index in [9.17, 15) is 19.0 Å². The van der Waals surface area contributed by atoms with Gasteiger partial charge in [-0.3, -0.25) is 18.6 Å². The zero-order valence-electron chi connectivity index (χ0n) is 34.0. The van der Waals surface area contributed by atoms with E-state index in [4.69, 9.17) is 24.3 Å². The molecule has 0 aromatic rings. The maximum absolute atomic E-state index is 12.6. The maximum atomic E-state index is 12.6. The Morgan fingerprint density at radius 1 is 0.585 bits per heavy atom. The summed E-state index contributed by atoms with van der Waals surface area (Å²) in [7, 11) is -4.38. The van der Waals surface area contributed by atoms with E-state index in [0.29, 0.717) is 6.42 Å². The molecule has 0 aliphatic carbocycles. The molecule has 0 bridgehead atoms. The SMILES string of the molecule is CCC=CCC=CCC=CCCCCCCCCCC(=O)OC(COC(=O)CCCCCCCCCCCCCCCCC)COP(=O)(O)OCCN. The Morgan fingerprint density at radius 2 is 1.04 bits per heavy atom. The lowest BCUT2D eigenvalue weighted by molar-refractivity contribution is -0.161. The van der Waals surface area contributed by atoms with Crippen LogP contribution in [-0.2, 0) is 32.7 Å². The predicted molar refractivity (Wildman–Crippen MR) is 220 cm³/mol. The molecule has 0 saturated heterocycles. The van der Waals surface area contributed by atoms with Crippen molar-refractivity contribution in [3.8, 4) is 0 Å². The van der Waals surface area contributed by atoms with Crippen molar-refractivity contribution >= 4 is 19.8 Å². The highest BCUT2D eigenvalue weighted by Gasteiger charge is 2.26. The fourth-order valence-corrected chi connectivity index (χ4v) is 6.65. The second-order valence-electron chi connectivity index (χ2n) is 14.2. The quantitative estimate of drug-likeness (QED) is 0.0270. The molecule has 2 atom stereocenters. The minimum atomic E-state index is -4.38. The summed E-state index contributed by atoms with van der Waals surface area (Å²) in [5, 5.41) is 0. The Bertz CT molecular complexity index is 970. The van der Waals surface area contributed by atoms with Gasteiger partial charge in [-0.25, -0.2) is 4.57 Å². The van der Waals surface area contributed by atoms with Crippen molar-refractivity contribution in [3.63, 3.8) is 0 Å². The number of carbonyl (C=O) groups is 2. The smallest absolute Gasteiger partial charge is 0.462 e. The third kappa shape index (κ3) is 39.7. The molecule has 3 N–H and O–H groups in total. The summed E-state index contributed by atoms with van der Waals surface area (Å²) in [5.74, 6) is -0.835. The lowest BCUT2D eigenvalue weighted by Crippen LogP contribution is -2.29. The molecule has 0 aliphatic rings. The van der Waals surface area contributed by atoms with Crippen LogP contribution in [0.4, 0.5) is 0 Å². The number of unbranched alkanes of at least 4 members (excludes halogenated alkanes) is 21. The van der Waals surface area contributed by atoms with Crippen molar-refractivity contribution < 1.29 is 37.6 Å². The van der Waals surface area contributed by atoms with Crippen molar-refractivity contribution in [1.29, 1.82) is 0 Å². The Morgan fingerprint density at radius 3 is 1.55 bits per heavy atom. The molecule has 0 fully saturated rings. The summed E-state index contributed by atoms with van der Waals surface area (Å²) >= 11 is 0. The third-order valence-corrected chi connectivity index (χ3v) is 10.0. The lowest BCUT2D eigenvalue weighted by atomic mass is 10.0. The standard InChI is InChI=1S/C43H80NO8P/c1-3-5-7-9-11-13-15-17-19-20-22-24-26-28-30-32-34-36-43(46)52-41(40-51-53(47,48)50-38-37-44)39-49-42(45)35-33-31-29-27-25-23-21-18-16-14-12-10-8-6-4-2/h5,7,11,13,17,19,41H,3-4,6,8-10,12,14-16,18,20-40,44H2,1-2H3,(H,47,48). The minimum absolute atomic E-state index is 0.0520. The molecule has 9 nitrogen and oxygen atoms in total. The molecule has 10 heteroatoms. The van der Waals surface area contributed by atoms with Gasteiger partial charge in [0, 0.05) is 19.4 Å². The lowest BCUT2D eigenvalue weighted by Gasteiger charge is -2.19. The maximum Gasteiger partial charge on any atom is 0.472 e. The summed E-state index contributed by atoms with van der Waals surface area (Å²) in [6.45, 7) is 3.62. The Hall–Kier alpha value is -1.77. The Balaban J connectivity index is 4.16.